The highest BCUT2D eigenvalue weighted by atomic mass is 19.1. The van der Waals surface area contributed by atoms with Gasteiger partial charge in [-0.05, 0) is 31.9 Å². The van der Waals surface area contributed by atoms with E-state index < -0.39 is 11.9 Å². The molecular weight excluding hydrogens is 197 g/mol. The molecule has 0 radical (unpaired) electrons. The van der Waals surface area contributed by atoms with Gasteiger partial charge in [-0.1, -0.05) is 6.92 Å². The molecule has 0 aliphatic carbocycles. The van der Waals surface area contributed by atoms with Crippen molar-refractivity contribution in [2.24, 2.45) is 0 Å². The van der Waals surface area contributed by atoms with E-state index in [2.05, 4.69) is 4.98 Å². The Bertz CT molecular complexity index is 364. The molecule has 0 aliphatic heterocycles. The molecule has 0 unspecified atom stereocenters. The summed E-state index contributed by atoms with van der Waals surface area (Å²) in [5, 5.41) is 0. The van der Waals surface area contributed by atoms with Crippen LogP contribution in [0.5, 0.6) is 0 Å². The van der Waals surface area contributed by atoms with Crippen molar-refractivity contribution < 1.29 is 13.9 Å². The quantitative estimate of drug-likeness (QED) is 0.569. The molecule has 0 aromatic carbocycles. The standard InChI is InChI=1S/C11H14FNO2/c1-4-8-5-6-13-10(12)9(8)11(14)15-7(2)3/h5-7H,4H2,1-3H3. The van der Waals surface area contributed by atoms with Gasteiger partial charge in [0.2, 0.25) is 5.95 Å². The van der Waals surface area contributed by atoms with Gasteiger partial charge in [-0.2, -0.15) is 4.39 Å². The first-order valence-electron chi connectivity index (χ1n) is 4.90. The average Bonchev–Trinajstić information content (AvgIpc) is 2.15. The Kier molecular flexibility index (Phi) is 3.77. The number of carbonyl (C=O) groups is 1. The summed E-state index contributed by atoms with van der Waals surface area (Å²) in [6.45, 7) is 5.29. The smallest absolute Gasteiger partial charge is 0.343 e. The summed E-state index contributed by atoms with van der Waals surface area (Å²) in [5.41, 5.74) is 0.571. The summed E-state index contributed by atoms with van der Waals surface area (Å²) in [4.78, 5) is 15.0. The van der Waals surface area contributed by atoms with Crippen LogP contribution in [0.1, 0.15) is 36.7 Å². The molecule has 0 amide bonds. The van der Waals surface area contributed by atoms with Crippen molar-refractivity contribution in [3.05, 3.63) is 29.3 Å². The van der Waals surface area contributed by atoms with Crippen molar-refractivity contribution in [1.29, 1.82) is 0 Å². The highest BCUT2D eigenvalue weighted by Crippen LogP contribution is 2.14. The van der Waals surface area contributed by atoms with E-state index in [0.717, 1.165) is 0 Å². The average molecular weight is 211 g/mol. The van der Waals surface area contributed by atoms with Gasteiger partial charge in [0.05, 0.1) is 6.10 Å². The van der Waals surface area contributed by atoms with E-state index in [9.17, 15) is 9.18 Å². The summed E-state index contributed by atoms with van der Waals surface area (Å²) in [7, 11) is 0. The fourth-order valence-corrected chi connectivity index (χ4v) is 1.26. The predicted molar refractivity (Wildman–Crippen MR) is 54.1 cm³/mol. The molecule has 0 saturated carbocycles. The third-order valence-electron chi connectivity index (χ3n) is 1.92. The summed E-state index contributed by atoms with van der Waals surface area (Å²) >= 11 is 0. The van der Waals surface area contributed by atoms with Crippen LogP contribution >= 0.6 is 0 Å². The van der Waals surface area contributed by atoms with Crippen LogP contribution in [0.15, 0.2) is 12.3 Å². The highest BCUT2D eigenvalue weighted by molar-refractivity contribution is 5.91. The minimum Gasteiger partial charge on any atom is -0.459 e. The van der Waals surface area contributed by atoms with E-state index in [1.54, 1.807) is 19.9 Å². The number of hydrogen-bond acceptors (Lipinski definition) is 3. The van der Waals surface area contributed by atoms with Gasteiger partial charge in [0.15, 0.2) is 0 Å². The first-order chi connectivity index (χ1) is 7.06. The molecular formula is C11H14FNO2. The molecule has 82 valence electrons. The fraction of sp³-hybridized carbons (Fsp3) is 0.455. The molecule has 1 rings (SSSR count). The van der Waals surface area contributed by atoms with Crippen LogP contribution in [0.4, 0.5) is 4.39 Å². The van der Waals surface area contributed by atoms with Crippen LogP contribution in [0.25, 0.3) is 0 Å². The van der Waals surface area contributed by atoms with E-state index in [-0.39, 0.29) is 11.7 Å². The van der Waals surface area contributed by atoms with Gasteiger partial charge in [0.1, 0.15) is 5.56 Å². The second-order valence-corrected chi connectivity index (χ2v) is 3.44. The van der Waals surface area contributed by atoms with E-state index in [1.807, 2.05) is 6.92 Å². The van der Waals surface area contributed by atoms with Crippen molar-refractivity contribution in [3.8, 4) is 0 Å². The zero-order valence-electron chi connectivity index (χ0n) is 9.08. The number of halogens is 1. The van der Waals surface area contributed by atoms with Gasteiger partial charge in [0, 0.05) is 6.20 Å². The van der Waals surface area contributed by atoms with E-state index in [4.69, 9.17) is 4.74 Å². The van der Waals surface area contributed by atoms with Gasteiger partial charge in [0.25, 0.3) is 0 Å². The molecule has 0 N–H and O–H groups in total. The largest absolute Gasteiger partial charge is 0.459 e. The van der Waals surface area contributed by atoms with Crippen LogP contribution in [0, 0.1) is 5.95 Å². The lowest BCUT2D eigenvalue weighted by molar-refractivity contribution is 0.0370. The maximum Gasteiger partial charge on any atom is 0.343 e. The minimum absolute atomic E-state index is 0.0475. The lowest BCUT2D eigenvalue weighted by atomic mass is 10.1. The van der Waals surface area contributed by atoms with E-state index in [1.165, 1.54) is 6.20 Å². The van der Waals surface area contributed by atoms with Crippen LogP contribution < -0.4 is 0 Å². The number of aryl methyl sites for hydroxylation is 1. The second kappa shape index (κ2) is 4.87. The molecule has 0 fully saturated rings. The number of aromatic nitrogens is 1. The van der Waals surface area contributed by atoms with Crippen molar-refractivity contribution >= 4 is 5.97 Å². The van der Waals surface area contributed by atoms with Crippen LogP contribution in [-0.4, -0.2) is 17.1 Å². The number of nitrogens with zero attached hydrogens (tertiary/aromatic N) is 1. The molecule has 1 aromatic heterocycles. The number of ether oxygens (including phenoxy) is 1. The Labute approximate surface area is 88.3 Å². The van der Waals surface area contributed by atoms with Gasteiger partial charge in [-0.25, -0.2) is 9.78 Å². The Hall–Kier alpha value is -1.45. The Balaban J connectivity index is 3.06. The van der Waals surface area contributed by atoms with Gasteiger partial charge >= 0.3 is 5.97 Å². The number of hydrogen-bond donors (Lipinski definition) is 0. The maximum atomic E-state index is 13.3. The maximum absolute atomic E-state index is 13.3. The molecule has 1 heterocycles. The minimum atomic E-state index is -0.764. The molecule has 0 atom stereocenters. The van der Waals surface area contributed by atoms with E-state index in [0.29, 0.717) is 12.0 Å². The van der Waals surface area contributed by atoms with Crippen molar-refractivity contribution in [2.45, 2.75) is 33.3 Å². The molecule has 15 heavy (non-hydrogen) atoms. The number of pyridine rings is 1. The van der Waals surface area contributed by atoms with Gasteiger partial charge < -0.3 is 4.74 Å². The highest BCUT2D eigenvalue weighted by Gasteiger charge is 2.19. The summed E-state index contributed by atoms with van der Waals surface area (Å²) in [5.74, 6) is -1.41. The molecule has 0 saturated heterocycles. The number of esters is 1. The Morgan fingerprint density at radius 1 is 1.60 bits per heavy atom. The van der Waals surface area contributed by atoms with Crippen LogP contribution in [0.2, 0.25) is 0 Å². The lowest BCUT2D eigenvalue weighted by Crippen LogP contribution is -2.16. The van der Waals surface area contributed by atoms with Crippen LogP contribution in [0.3, 0.4) is 0 Å². The summed E-state index contributed by atoms with van der Waals surface area (Å²) in [6, 6.07) is 1.62. The van der Waals surface area contributed by atoms with Gasteiger partial charge in [-0.15, -0.1) is 0 Å². The van der Waals surface area contributed by atoms with Crippen molar-refractivity contribution in [2.75, 3.05) is 0 Å². The predicted octanol–water partition coefficient (Wildman–Crippen LogP) is 2.35. The zero-order chi connectivity index (χ0) is 11.4. The Morgan fingerprint density at radius 3 is 2.80 bits per heavy atom. The molecule has 4 heteroatoms. The monoisotopic (exact) mass is 211 g/mol. The molecule has 1 aromatic rings. The first kappa shape index (κ1) is 11.6. The second-order valence-electron chi connectivity index (χ2n) is 3.44. The zero-order valence-corrected chi connectivity index (χ0v) is 9.08. The van der Waals surface area contributed by atoms with Crippen LogP contribution in [-0.2, 0) is 11.2 Å². The summed E-state index contributed by atoms with van der Waals surface area (Å²) < 4.78 is 18.3. The SMILES string of the molecule is CCc1ccnc(F)c1C(=O)OC(C)C. The summed E-state index contributed by atoms with van der Waals surface area (Å²) in [6.07, 6.45) is 1.66. The Morgan fingerprint density at radius 2 is 2.27 bits per heavy atom. The number of rotatable bonds is 3. The molecule has 0 aliphatic rings. The van der Waals surface area contributed by atoms with Crippen molar-refractivity contribution in [1.82, 2.24) is 4.98 Å². The number of carbonyl (C=O) groups excluding carboxylic acids is 1. The van der Waals surface area contributed by atoms with E-state index >= 15 is 0 Å². The topological polar surface area (TPSA) is 39.2 Å². The molecule has 3 nitrogen and oxygen atoms in total. The van der Waals surface area contributed by atoms with Gasteiger partial charge in [-0.3, -0.25) is 0 Å². The molecule has 0 spiro atoms. The first-order valence-corrected chi connectivity index (χ1v) is 4.90. The van der Waals surface area contributed by atoms with Crippen molar-refractivity contribution in [3.63, 3.8) is 0 Å². The molecule has 0 bridgehead atoms. The third-order valence-corrected chi connectivity index (χ3v) is 1.92. The third kappa shape index (κ3) is 2.75. The normalized spacial score (nSPS) is 10.5. The fourth-order valence-electron chi connectivity index (χ4n) is 1.26. The lowest BCUT2D eigenvalue weighted by Gasteiger charge is -2.10.